The number of likely N-dealkylation sites (N-methyl/N-ethyl adjacent to an activating group) is 1. The monoisotopic (exact) mass is 282 g/mol. The van der Waals surface area contributed by atoms with Gasteiger partial charge in [0.2, 0.25) is 0 Å². The Hall–Kier alpha value is -0.810. The zero-order chi connectivity index (χ0) is 15.0. The predicted molar refractivity (Wildman–Crippen MR) is 81.9 cm³/mol. The number of urea groups is 1. The first-order chi connectivity index (χ1) is 9.17. The summed E-state index contributed by atoms with van der Waals surface area (Å²) in [6, 6.07) is 0.366. The molecule has 2 heterocycles. The third-order valence-corrected chi connectivity index (χ3v) is 4.31. The van der Waals surface area contributed by atoms with E-state index in [9.17, 15) is 4.79 Å². The number of amides is 2. The van der Waals surface area contributed by atoms with Gasteiger partial charge in [0.25, 0.3) is 0 Å². The number of carbonyl (C=O) groups is 1. The topological polar surface area (TPSA) is 47.6 Å². The third kappa shape index (κ3) is 4.09. The Kier molecular flexibility index (Phi) is 4.30. The molecule has 2 saturated heterocycles. The molecule has 2 rings (SSSR count). The van der Waals surface area contributed by atoms with Crippen LogP contribution in [0.2, 0.25) is 0 Å². The smallest absolute Gasteiger partial charge is 0.317 e. The lowest BCUT2D eigenvalue weighted by atomic mass is 9.80. The van der Waals surface area contributed by atoms with Crippen molar-refractivity contribution in [2.24, 2.45) is 0 Å². The van der Waals surface area contributed by atoms with Crippen molar-refractivity contribution in [1.29, 1.82) is 0 Å². The van der Waals surface area contributed by atoms with Crippen molar-refractivity contribution in [3.8, 4) is 0 Å². The largest absolute Gasteiger partial charge is 0.335 e. The van der Waals surface area contributed by atoms with Crippen LogP contribution in [0.5, 0.6) is 0 Å². The van der Waals surface area contributed by atoms with Crippen molar-refractivity contribution < 1.29 is 4.79 Å². The van der Waals surface area contributed by atoms with Crippen LogP contribution in [0.25, 0.3) is 0 Å². The molecular weight excluding hydrogens is 252 g/mol. The summed E-state index contributed by atoms with van der Waals surface area (Å²) < 4.78 is 0. The molecule has 20 heavy (non-hydrogen) atoms. The summed E-state index contributed by atoms with van der Waals surface area (Å²) in [6.45, 7) is 12.4. The quantitative estimate of drug-likeness (QED) is 0.761. The molecule has 116 valence electrons. The van der Waals surface area contributed by atoms with Crippen LogP contribution in [0.4, 0.5) is 4.79 Å². The van der Waals surface area contributed by atoms with Gasteiger partial charge in [-0.15, -0.1) is 0 Å². The van der Waals surface area contributed by atoms with E-state index < -0.39 is 0 Å². The summed E-state index contributed by atoms with van der Waals surface area (Å²) in [6.07, 6.45) is 1.96. The number of nitrogens with one attached hydrogen (secondary N) is 2. The fourth-order valence-corrected chi connectivity index (χ4v) is 3.70. The van der Waals surface area contributed by atoms with Gasteiger partial charge < -0.3 is 20.4 Å². The zero-order valence-electron chi connectivity index (χ0n) is 13.6. The van der Waals surface area contributed by atoms with E-state index in [1.54, 1.807) is 0 Å². The van der Waals surface area contributed by atoms with Crippen molar-refractivity contribution >= 4 is 6.03 Å². The van der Waals surface area contributed by atoms with Crippen molar-refractivity contribution in [2.45, 2.75) is 57.7 Å². The first kappa shape index (κ1) is 15.6. The fourth-order valence-electron chi connectivity index (χ4n) is 3.70. The van der Waals surface area contributed by atoms with E-state index in [4.69, 9.17) is 0 Å². The lowest BCUT2D eigenvalue weighted by molar-refractivity contribution is 0.126. The van der Waals surface area contributed by atoms with E-state index >= 15 is 0 Å². The van der Waals surface area contributed by atoms with E-state index in [1.165, 1.54) is 0 Å². The highest BCUT2D eigenvalue weighted by molar-refractivity contribution is 5.74. The minimum atomic E-state index is 0.0712. The van der Waals surface area contributed by atoms with Gasteiger partial charge in [-0.1, -0.05) is 0 Å². The molecule has 2 aliphatic heterocycles. The van der Waals surface area contributed by atoms with Crippen LogP contribution in [0.1, 0.15) is 40.5 Å². The van der Waals surface area contributed by atoms with Crippen LogP contribution < -0.4 is 10.6 Å². The molecule has 2 fully saturated rings. The third-order valence-electron chi connectivity index (χ3n) is 4.31. The molecule has 0 bridgehead atoms. The van der Waals surface area contributed by atoms with E-state index in [-0.39, 0.29) is 23.2 Å². The molecule has 5 heteroatoms. The van der Waals surface area contributed by atoms with Gasteiger partial charge in [-0.25, -0.2) is 4.79 Å². The maximum Gasteiger partial charge on any atom is 0.317 e. The Balaban J connectivity index is 1.90. The van der Waals surface area contributed by atoms with Gasteiger partial charge in [-0.05, 0) is 47.6 Å². The Morgan fingerprint density at radius 1 is 1.05 bits per heavy atom. The van der Waals surface area contributed by atoms with Crippen LogP contribution in [0, 0.1) is 0 Å². The number of rotatable bonds is 1. The van der Waals surface area contributed by atoms with E-state index in [0.29, 0.717) is 0 Å². The summed E-state index contributed by atoms with van der Waals surface area (Å²) in [7, 11) is 2.10. The lowest BCUT2D eigenvalue weighted by Crippen LogP contribution is -2.63. The second-order valence-electron chi connectivity index (χ2n) is 7.74. The van der Waals surface area contributed by atoms with E-state index in [2.05, 4.69) is 50.3 Å². The molecule has 0 unspecified atom stereocenters. The van der Waals surface area contributed by atoms with Gasteiger partial charge in [0.1, 0.15) is 0 Å². The van der Waals surface area contributed by atoms with Gasteiger partial charge >= 0.3 is 6.03 Å². The van der Waals surface area contributed by atoms with Crippen molar-refractivity contribution in [3.63, 3.8) is 0 Å². The molecule has 5 nitrogen and oxygen atoms in total. The molecule has 0 radical (unpaired) electrons. The normalized spacial score (nSPS) is 27.4. The molecule has 0 atom stereocenters. The molecule has 2 aliphatic rings. The SMILES string of the molecule is CN1CCN(C(=O)NC2CC(C)(C)NC(C)(C)C2)CC1. The highest BCUT2D eigenvalue weighted by atomic mass is 16.2. The van der Waals surface area contributed by atoms with Gasteiger partial charge in [-0.2, -0.15) is 0 Å². The molecular formula is C15H30N4O. The average molecular weight is 282 g/mol. The number of nitrogens with zero attached hydrogens (tertiary/aromatic N) is 2. The molecule has 0 aromatic carbocycles. The van der Waals surface area contributed by atoms with Crippen molar-refractivity contribution in [3.05, 3.63) is 0 Å². The lowest BCUT2D eigenvalue weighted by Gasteiger charge is -2.47. The molecule has 2 amide bonds. The summed E-state index contributed by atoms with van der Waals surface area (Å²) >= 11 is 0. The van der Waals surface area contributed by atoms with Crippen LogP contribution >= 0.6 is 0 Å². The van der Waals surface area contributed by atoms with Gasteiger partial charge in [0.15, 0.2) is 0 Å². The van der Waals surface area contributed by atoms with Gasteiger partial charge in [0.05, 0.1) is 0 Å². The maximum absolute atomic E-state index is 12.4. The number of carbonyl (C=O) groups excluding carboxylic acids is 1. The Morgan fingerprint density at radius 2 is 1.55 bits per heavy atom. The van der Waals surface area contributed by atoms with Crippen LogP contribution in [0.3, 0.4) is 0 Å². The van der Waals surface area contributed by atoms with Crippen LogP contribution in [-0.4, -0.2) is 66.2 Å². The highest BCUT2D eigenvalue weighted by Gasteiger charge is 2.38. The molecule has 0 aromatic heterocycles. The summed E-state index contributed by atoms with van der Waals surface area (Å²) in [5, 5.41) is 6.89. The second-order valence-corrected chi connectivity index (χ2v) is 7.74. The van der Waals surface area contributed by atoms with E-state index in [0.717, 1.165) is 39.0 Å². The molecule has 2 N–H and O–H groups in total. The summed E-state index contributed by atoms with van der Waals surface area (Å²) in [4.78, 5) is 16.6. The van der Waals surface area contributed by atoms with E-state index in [1.807, 2.05) is 4.90 Å². The Labute approximate surface area is 123 Å². The second kappa shape index (κ2) is 5.53. The van der Waals surface area contributed by atoms with Crippen LogP contribution in [-0.2, 0) is 0 Å². The first-order valence-electron chi connectivity index (χ1n) is 7.70. The first-order valence-corrected chi connectivity index (χ1v) is 7.70. The van der Waals surface area contributed by atoms with Crippen LogP contribution in [0.15, 0.2) is 0 Å². The average Bonchev–Trinajstić information content (AvgIpc) is 2.25. The standard InChI is InChI=1S/C15H30N4O/c1-14(2)10-12(11-15(3,4)17-14)16-13(20)19-8-6-18(5)7-9-19/h12,17H,6-11H2,1-5H3,(H,16,20). The fraction of sp³-hybridized carbons (Fsp3) is 0.933. The number of hydrogen-bond donors (Lipinski definition) is 2. The number of piperazine rings is 1. The molecule has 0 saturated carbocycles. The summed E-state index contributed by atoms with van der Waals surface area (Å²) in [5.41, 5.74) is 0.142. The summed E-state index contributed by atoms with van der Waals surface area (Å²) in [5.74, 6) is 0. The van der Waals surface area contributed by atoms with Crippen molar-refractivity contribution in [2.75, 3.05) is 33.2 Å². The van der Waals surface area contributed by atoms with Crippen molar-refractivity contribution in [1.82, 2.24) is 20.4 Å². The minimum absolute atomic E-state index is 0.0712. The van der Waals surface area contributed by atoms with Gasteiger partial charge in [-0.3, -0.25) is 0 Å². The maximum atomic E-state index is 12.4. The number of piperidine rings is 1. The number of hydrogen-bond acceptors (Lipinski definition) is 3. The molecule has 0 aromatic rings. The highest BCUT2D eigenvalue weighted by Crippen LogP contribution is 2.28. The molecule has 0 spiro atoms. The minimum Gasteiger partial charge on any atom is -0.335 e. The Morgan fingerprint density at radius 3 is 2.05 bits per heavy atom. The predicted octanol–water partition coefficient (Wildman–Crippen LogP) is 1.25. The Bertz CT molecular complexity index is 343. The molecule has 0 aliphatic carbocycles. The van der Waals surface area contributed by atoms with Gasteiger partial charge in [0, 0.05) is 43.3 Å². The zero-order valence-corrected chi connectivity index (χ0v) is 13.6.